The highest BCUT2D eigenvalue weighted by atomic mass is 79.9. The second-order valence-corrected chi connectivity index (χ2v) is 6.74. The molecule has 2 heteroatoms. The smallest absolute Gasteiger partial charge is 0.0436 e. The molecular weight excluding hydrogens is 352 g/mol. The van der Waals surface area contributed by atoms with E-state index < -0.39 is 0 Å². The lowest BCUT2D eigenvalue weighted by Gasteiger charge is -2.12. The van der Waals surface area contributed by atoms with E-state index in [-0.39, 0.29) is 0 Å². The van der Waals surface area contributed by atoms with Gasteiger partial charge in [-0.25, -0.2) is 0 Å². The Kier molecular flexibility index (Phi) is 4.63. The number of hydrogen-bond acceptors (Lipinski definition) is 0. The van der Waals surface area contributed by atoms with Crippen molar-refractivity contribution < 1.29 is 0 Å². The molecule has 0 nitrogen and oxygen atoms in total. The van der Waals surface area contributed by atoms with E-state index in [0.29, 0.717) is 4.83 Å². The summed E-state index contributed by atoms with van der Waals surface area (Å²) in [6.45, 7) is 4.26. The van der Waals surface area contributed by atoms with Gasteiger partial charge in [0.15, 0.2) is 0 Å². The minimum Gasteiger partial charge on any atom is -0.0835 e. The standard InChI is InChI=1S/C16H16Br2/c1-11-4-3-5-13(6-11)9-16(18)14-7-12(2)8-15(17)10-14/h3-8,10,16H,9H2,1-2H3. The van der Waals surface area contributed by atoms with E-state index >= 15 is 0 Å². The first-order valence-electron chi connectivity index (χ1n) is 6.01. The van der Waals surface area contributed by atoms with E-state index in [4.69, 9.17) is 0 Å². The summed E-state index contributed by atoms with van der Waals surface area (Å²) in [6, 6.07) is 15.2. The fraction of sp³-hybridized carbons (Fsp3) is 0.250. The molecular formula is C16H16Br2. The van der Waals surface area contributed by atoms with Gasteiger partial charge in [0.2, 0.25) is 0 Å². The van der Waals surface area contributed by atoms with Crippen LogP contribution in [-0.2, 0) is 6.42 Å². The van der Waals surface area contributed by atoms with Gasteiger partial charge in [-0.3, -0.25) is 0 Å². The zero-order valence-corrected chi connectivity index (χ0v) is 13.8. The quantitative estimate of drug-likeness (QED) is 0.606. The number of aryl methyl sites for hydroxylation is 2. The molecule has 0 aliphatic rings. The van der Waals surface area contributed by atoms with Crippen molar-refractivity contribution in [3.05, 3.63) is 69.2 Å². The number of alkyl halides is 1. The normalized spacial score (nSPS) is 12.4. The summed E-state index contributed by atoms with van der Waals surface area (Å²) in [5.74, 6) is 0. The molecule has 2 aromatic rings. The van der Waals surface area contributed by atoms with Crippen LogP contribution < -0.4 is 0 Å². The molecule has 0 saturated heterocycles. The molecule has 94 valence electrons. The average molecular weight is 368 g/mol. The molecule has 0 amide bonds. The van der Waals surface area contributed by atoms with Crippen molar-refractivity contribution in [3.63, 3.8) is 0 Å². The molecule has 0 spiro atoms. The molecule has 0 aromatic heterocycles. The van der Waals surface area contributed by atoms with Crippen LogP contribution in [0.1, 0.15) is 27.1 Å². The minimum atomic E-state index is 0.357. The van der Waals surface area contributed by atoms with Crippen LogP contribution in [-0.4, -0.2) is 0 Å². The second-order valence-electron chi connectivity index (χ2n) is 4.72. The zero-order valence-electron chi connectivity index (χ0n) is 10.6. The third-order valence-corrected chi connectivity index (χ3v) is 4.23. The van der Waals surface area contributed by atoms with Crippen molar-refractivity contribution in [2.24, 2.45) is 0 Å². The van der Waals surface area contributed by atoms with Crippen LogP contribution in [0.25, 0.3) is 0 Å². The highest BCUT2D eigenvalue weighted by Crippen LogP contribution is 2.30. The molecule has 0 aliphatic heterocycles. The van der Waals surface area contributed by atoms with Gasteiger partial charge in [-0.15, -0.1) is 0 Å². The van der Waals surface area contributed by atoms with Gasteiger partial charge in [-0.05, 0) is 49.1 Å². The van der Waals surface area contributed by atoms with Crippen molar-refractivity contribution in [2.75, 3.05) is 0 Å². The van der Waals surface area contributed by atoms with E-state index in [1.54, 1.807) is 0 Å². The summed E-state index contributed by atoms with van der Waals surface area (Å²) in [4.78, 5) is 0.357. The molecule has 1 unspecified atom stereocenters. The maximum absolute atomic E-state index is 3.79. The second kappa shape index (κ2) is 6.03. The van der Waals surface area contributed by atoms with Crippen molar-refractivity contribution in [3.8, 4) is 0 Å². The number of hydrogen-bond donors (Lipinski definition) is 0. The maximum Gasteiger partial charge on any atom is 0.0436 e. The lowest BCUT2D eigenvalue weighted by atomic mass is 10.0. The van der Waals surface area contributed by atoms with Gasteiger partial charge < -0.3 is 0 Å². The first kappa shape index (κ1) is 13.8. The van der Waals surface area contributed by atoms with E-state index in [2.05, 4.69) is 88.2 Å². The van der Waals surface area contributed by atoms with Gasteiger partial charge in [0.05, 0.1) is 0 Å². The SMILES string of the molecule is Cc1cccc(CC(Br)c2cc(C)cc(Br)c2)c1. The van der Waals surface area contributed by atoms with E-state index in [1.807, 2.05) is 0 Å². The molecule has 0 saturated carbocycles. The molecule has 0 fully saturated rings. The maximum atomic E-state index is 3.79. The highest BCUT2D eigenvalue weighted by molar-refractivity contribution is 9.10. The predicted molar refractivity (Wildman–Crippen MR) is 85.4 cm³/mol. The Morgan fingerprint density at radius 1 is 1.00 bits per heavy atom. The van der Waals surface area contributed by atoms with Crippen LogP contribution in [0.3, 0.4) is 0 Å². The molecule has 0 heterocycles. The van der Waals surface area contributed by atoms with Crippen molar-refractivity contribution >= 4 is 31.9 Å². The van der Waals surface area contributed by atoms with Gasteiger partial charge in [0, 0.05) is 9.30 Å². The fourth-order valence-corrected chi connectivity index (χ4v) is 3.37. The number of benzene rings is 2. The van der Waals surface area contributed by atoms with Crippen LogP contribution in [0.2, 0.25) is 0 Å². The summed E-state index contributed by atoms with van der Waals surface area (Å²) in [6.07, 6.45) is 1.01. The van der Waals surface area contributed by atoms with E-state index in [9.17, 15) is 0 Å². The molecule has 0 N–H and O–H groups in total. The van der Waals surface area contributed by atoms with Crippen LogP contribution in [0.15, 0.2) is 46.9 Å². The molecule has 0 bridgehead atoms. The minimum absolute atomic E-state index is 0.357. The van der Waals surface area contributed by atoms with Gasteiger partial charge in [0.25, 0.3) is 0 Å². The Balaban J connectivity index is 2.19. The molecule has 0 radical (unpaired) electrons. The molecule has 0 aliphatic carbocycles. The summed E-state index contributed by atoms with van der Waals surface area (Å²) >= 11 is 7.35. The van der Waals surface area contributed by atoms with E-state index in [1.165, 1.54) is 22.3 Å². The highest BCUT2D eigenvalue weighted by Gasteiger charge is 2.09. The van der Waals surface area contributed by atoms with Gasteiger partial charge in [-0.1, -0.05) is 67.8 Å². The van der Waals surface area contributed by atoms with Crippen LogP contribution in [0.5, 0.6) is 0 Å². The topological polar surface area (TPSA) is 0 Å². The lowest BCUT2D eigenvalue weighted by molar-refractivity contribution is 0.944. The summed E-state index contributed by atoms with van der Waals surface area (Å²) in [5, 5.41) is 0. The average Bonchev–Trinajstić information content (AvgIpc) is 2.27. The molecule has 2 rings (SSSR count). The van der Waals surface area contributed by atoms with Gasteiger partial charge in [0.1, 0.15) is 0 Å². The van der Waals surface area contributed by atoms with Crippen molar-refractivity contribution in [1.82, 2.24) is 0 Å². The molecule has 2 aromatic carbocycles. The molecule has 1 atom stereocenters. The Morgan fingerprint density at radius 2 is 1.78 bits per heavy atom. The summed E-state index contributed by atoms with van der Waals surface area (Å²) in [7, 11) is 0. The Bertz CT molecular complexity index is 526. The van der Waals surface area contributed by atoms with Crippen molar-refractivity contribution in [2.45, 2.75) is 25.1 Å². The summed E-state index contributed by atoms with van der Waals surface area (Å²) in [5.41, 5.74) is 5.29. The fourth-order valence-electron chi connectivity index (χ4n) is 2.11. The lowest BCUT2D eigenvalue weighted by Crippen LogP contribution is -1.96. The largest absolute Gasteiger partial charge is 0.0835 e. The Hall–Kier alpha value is -0.600. The Labute approximate surface area is 126 Å². The first-order chi connectivity index (χ1) is 8.54. The summed E-state index contributed by atoms with van der Waals surface area (Å²) < 4.78 is 1.14. The monoisotopic (exact) mass is 366 g/mol. The van der Waals surface area contributed by atoms with E-state index in [0.717, 1.165) is 10.9 Å². The van der Waals surface area contributed by atoms with Gasteiger partial charge in [-0.2, -0.15) is 0 Å². The van der Waals surface area contributed by atoms with Gasteiger partial charge >= 0.3 is 0 Å². The Morgan fingerprint density at radius 3 is 2.44 bits per heavy atom. The first-order valence-corrected chi connectivity index (χ1v) is 7.72. The third kappa shape index (κ3) is 3.69. The predicted octanol–water partition coefficient (Wildman–Crippen LogP) is 5.74. The van der Waals surface area contributed by atoms with Crippen LogP contribution in [0.4, 0.5) is 0 Å². The number of halogens is 2. The third-order valence-electron chi connectivity index (χ3n) is 2.92. The number of rotatable bonds is 3. The van der Waals surface area contributed by atoms with Crippen LogP contribution in [0, 0.1) is 13.8 Å². The van der Waals surface area contributed by atoms with Crippen molar-refractivity contribution in [1.29, 1.82) is 0 Å². The molecule has 18 heavy (non-hydrogen) atoms. The van der Waals surface area contributed by atoms with Crippen LogP contribution >= 0.6 is 31.9 Å². The zero-order chi connectivity index (χ0) is 13.1.